The maximum atomic E-state index is 4.51. The summed E-state index contributed by atoms with van der Waals surface area (Å²) in [4.78, 5) is 4.51. The molecule has 0 bridgehead atoms. The molecular weight excluding hydrogens is 412 g/mol. The molecule has 2 aromatic carbocycles. The van der Waals surface area contributed by atoms with Crippen LogP contribution in [0.2, 0.25) is 0 Å². The predicted molar refractivity (Wildman–Crippen MR) is 129 cm³/mol. The Morgan fingerprint density at radius 3 is 2.76 bits per heavy atom. The number of H-pyrrole nitrogens is 1. The van der Waals surface area contributed by atoms with E-state index in [1.807, 2.05) is 12.3 Å². The second-order valence-electron chi connectivity index (χ2n) is 8.48. The van der Waals surface area contributed by atoms with Gasteiger partial charge in [0.05, 0.1) is 17.8 Å². The van der Waals surface area contributed by atoms with Crippen LogP contribution in [-0.4, -0.2) is 44.7 Å². The standard InChI is InChI=1S/C25H28N8/c1-17(20-10-5-7-18(13-20)14-23-30-32-33-31-23)15-28-24(19-8-3-2-4-9-19)22-16-27-21-11-6-12-26-25(21)29-22/h2-13,17,22,24,27-28H,14-16H2,1H3,(H,26,29)(H,30,31,32,33)/t17-,22-,24-/m1/s1. The van der Waals surface area contributed by atoms with Crippen LogP contribution in [-0.2, 0) is 6.42 Å². The zero-order chi connectivity index (χ0) is 22.5. The monoisotopic (exact) mass is 440 g/mol. The highest BCUT2D eigenvalue weighted by Gasteiger charge is 2.27. The van der Waals surface area contributed by atoms with Gasteiger partial charge in [-0.05, 0) is 34.7 Å². The molecular formula is C25H28N8. The summed E-state index contributed by atoms with van der Waals surface area (Å²) in [6.07, 6.45) is 2.49. The van der Waals surface area contributed by atoms with Crippen molar-refractivity contribution >= 4 is 11.5 Å². The summed E-state index contributed by atoms with van der Waals surface area (Å²) in [6.45, 7) is 3.92. The molecule has 0 saturated carbocycles. The maximum absolute atomic E-state index is 4.51. The van der Waals surface area contributed by atoms with Crippen LogP contribution < -0.4 is 16.0 Å². The lowest BCUT2D eigenvalue weighted by Gasteiger charge is -2.35. The topological polar surface area (TPSA) is 103 Å². The largest absolute Gasteiger partial charge is 0.380 e. The Balaban J connectivity index is 1.30. The van der Waals surface area contributed by atoms with Gasteiger partial charge in [0.15, 0.2) is 5.82 Å². The molecule has 0 unspecified atom stereocenters. The van der Waals surface area contributed by atoms with Gasteiger partial charge in [0.2, 0.25) is 0 Å². The Morgan fingerprint density at radius 1 is 1.03 bits per heavy atom. The predicted octanol–water partition coefficient (Wildman–Crippen LogP) is 3.53. The van der Waals surface area contributed by atoms with E-state index in [-0.39, 0.29) is 12.1 Å². The number of aromatic amines is 1. The number of hydrogen-bond acceptors (Lipinski definition) is 7. The first kappa shape index (κ1) is 21.1. The second kappa shape index (κ2) is 9.79. The molecule has 168 valence electrons. The SMILES string of the molecule is C[C@H](CN[C@H](c1ccccc1)[C@H]1CNc2cccnc2N1)c1cccc(Cc2nn[nH]n2)c1. The van der Waals surface area contributed by atoms with Crippen LogP contribution in [0.1, 0.15) is 41.4 Å². The van der Waals surface area contributed by atoms with E-state index in [9.17, 15) is 0 Å². The van der Waals surface area contributed by atoms with Crippen molar-refractivity contribution in [2.24, 2.45) is 0 Å². The molecule has 2 aromatic heterocycles. The van der Waals surface area contributed by atoms with E-state index >= 15 is 0 Å². The van der Waals surface area contributed by atoms with Gasteiger partial charge in [-0.1, -0.05) is 66.7 Å². The third-order valence-electron chi connectivity index (χ3n) is 6.12. The number of benzene rings is 2. The molecule has 1 aliphatic heterocycles. The van der Waals surface area contributed by atoms with Crippen LogP contribution in [0, 0.1) is 0 Å². The smallest absolute Gasteiger partial charge is 0.178 e. The van der Waals surface area contributed by atoms with Gasteiger partial charge in [0.1, 0.15) is 5.82 Å². The summed E-state index contributed by atoms with van der Waals surface area (Å²) in [6, 6.07) is 23.6. The minimum atomic E-state index is 0.138. The van der Waals surface area contributed by atoms with Crippen LogP contribution in [0.5, 0.6) is 0 Å². The molecule has 4 N–H and O–H groups in total. The fourth-order valence-electron chi connectivity index (χ4n) is 4.33. The van der Waals surface area contributed by atoms with Crippen molar-refractivity contribution < 1.29 is 0 Å². The van der Waals surface area contributed by atoms with Crippen LogP contribution in [0.25, 0.3) is 0 Å². The molecule has 0 saturated heterocycles. The number of pyridine rings is 1. The average molecular weight is 441 g/mol. The molecule has 0 fully saturated rings. The molecule has 3 atom stereocenters. The van der Waals surface area contributed by atoms with E-state index in [0.717, 1.165) is 24.6 Å². The van der Waals surface area contributed by atoms with Gasteiger partial charge in [-0.2, -0.15) is 5.21 Å². The number of aromatic nitrogens is 5. The molecule has 4 aromatic rings. The third kappa shape index (κ3) is 5.01. The van der Waals surface area contributed by atoms with Crippen molar-refractivity contribution in [1.29, 1.82) is 0 Å². The summed E-state index contributed by atoms with van der Waals surface area (Å²) in [5, 5.41) is 25.3. The van der Waals surface area contributed by atoms with Crippen molar-refractivity contribution in [3.63, 3.8) is 0 Å². The number of anilines is 2. The van der Waals surface area contributed by atoms with Gasteiger partial charge in [-0.15, -0.1) is 10.2 Å². The normalized spacial score (nSPS) is 16.8. The fraction of sp³-hybridized carbons (Fsp3) is 0.280. The summed E-state index contributed by atoms with van der Waals surface area (Å²) in [7, 11) is 0. The summed E-state index contributed by atoms with van der Waals surface area (Å²) in [5.41, 5.74) is 4.78. The molecule has 0 amide bonds. The number of hydrogen-bond donors (Lipinski definition) is 4. The number of fused-ring (bicyclic) bond motifs is 1. The average Bonchev–Trinajstić information content (AvgIpc) is 3.38. The first-order valence-corrected chi connectivity index (χ1v) is 11.3. The molecule has 0 radical (unpaired) electrons. The van der Waals surface area contributed by atoms with E-state index < -0.39 is 0 Å². The fourth-order valence-corrected chi connectivity index (χ4v) is 4.33. The highest BCUT2D eigenvalue weighted by atomic mass is 15.5. The second-order valence-corrected chi connectivity index (χ2v) is 8.48. The Kier molecular flexibility index (Phi) is 6.25. The van der Waals surface area contributed by atoms with Gasteiger partial charge in [0.25, 0.3) is 0 Å². The Hall–Kier alpha value is -3.78. The Morgan fingerprint density at radius 2 is 1.91 bits per heavy atom. The van der Waals surface area contributed by atoms with Crippen molar-refractivity contribution in [2.75, 3.05) is 23.7 Å². The molecule has 0 spiro atoms. The van der Waals surface area contributed by atoms with Gasteiger partial charge >= 0.3 is 0 Å². The molecule has 3 heterocycles. The number of rotatable bonds is 8. The van der Waals surface area contributed by atoms with Crippen LogP contribution in [0.3, 0.4) is 0 Å². The Labute approximate surface area is 193 Å². The molecule has 1 aliphatic rings. The van der Waals surface area contributed by atoms with Gasteiger partial charge in [-0.3, -0.25) is 0 Å². The first-order valence-electron chi connectivity index (χ1n) is 11.3. The first-order chi connectivity index (χ1) is 16.3. The number of tetrazole rings is 1. The minimum absolute atomic E-state index is 0.138. The quantitative estimate of drug-likeness (QED) is 0.332. The Bertz CT molecular complexity index is 1160. The zero-order valence-corrected chi connectivity index (χ0v) is 18.6. The third-order valence-corrected chi connectivity index (χ3v) is 6.12. The maximum Gasteiger partial charge on any atom is 0.178 e. The van der Waals surface area contributed by atoms with E-state index in [0.29, 0.717) is 18.2 Å². The van der Waals surface area contributed by atoms with E-state index in [1.165, 1.54) is 16.7 Å². The number of nitrogens with one attached hydrogen (secondary N) is 4. The van der Waals surface area contributed by atoms with Crippen molar-refractivity contribution in [1.82, 2.24) is 30.9 Å². The van der Waals surface area contributed by atoms with Crippen LogP contribution in [0.15, 0.2) is 72.9 Å². The zero-order valence-electron chi connectivity index (χ0n) is 18.6. The molecule has 33 heavy (non-hydrogen) atoms. The molecule has 0 aliphatic carbocycles. The van der Waals surface area contributed by atoms with Gasteiger partial charge < -0.3 is 16.0 Å². The molecule has 8 heteroatoms. The summed E-state index contributed by atoms with van der Waals surface area (Å²) < 4.78 is 0. The van der Waals surface area contributed by atoms with Crippen molar-refractivity contribution in [3.05, 3.63) is 95.4 Å². The molecule has 8 nitrogen and oxygen atoms in total. The summed E-state index contributed by atoms with van der Waals surface area (Å²) in [5.74, 6) is 1.94. The lowest BCUT2D eigenvalue weighted by Crippen LogP contribution is -2.45. The van der Waals surface area contributed by atoms with Gasteiger partial charge in [0, 0.05) is 25.7 Å². The lowest BCUT2D eigenvalue weighted by atomic mass is 9.94. The van der Waals surface area contributed by atoms with Crippen molar-refractivity contribution in [3.8, 4) is 0 Å². The summed E-state index contributed by atoms with van der Waals surface area (Å²) >= 11 is 0. The number of nitrogens with zero attached hydrogens (tertiary/aromatic N) is 4. The highest BCUT2D eigenvalue weighted by molar-refractivity contribution is 5.67. The minimum Gasteiger partial charge on any atom is -0.380 e. The van der Waals surface area contributed by atoms with E-state index in [4.69, 9.17) is 0 Å². The van der Waals surface area contributed by atoms with Crippen LogP contribution in [0.4, 0.5) is 11.5 Å². The van der Waals surface area contributed by atoms with E-state index in [2.05, 4.69) is 109 Å². The van der Waals surface area contributed by atoms with Crippen molar-refractivity contribution in [2.45, 2.75) is 31.3 Å². The van der Waals surface area contributed by atoms with Gasteiger partial charge in [-0.25, -0.2) is 4.98 Å². The van der Waals surface area contributed by atoms with Crippen LogP contribution >= 0.6 is 0 Å². The lowest BCUT2D eigenvalue weighted by molar-refractivity contribution is 0.453. The van der Waals surface area contributed by atoms with E-state index in [1.54, 1.807) is 0 Å². The molecule has 5 rings (SSSR count). The highest BCUT2D eigenvalue weighted by Crippen LogP contribution is 2.29.